The number of hydrogen-bond acceptors (Lipinski definition) is 3. The monoisotopic (exact) mass is 412 g/mol. The number of alkyl halides is 1. The van der Waals surface area contributed by atoms with E-state index in [1.165, 1.54) is 43.4 Å². The first-order valence-electron chi connectivity index (χ1n) is 10.3. The van der Waals surface area contributed by atoms with Gasteiger partial charge in [-0.25, -0.2) is 4.79 Å². The van der Waals surface area contributed by atoms with Crippen LogP contribution in [0.3, 0.4) is 0 Å². The van der Waals surface area contributed by atoms with Crippen LogP contribution >= 0.6 is 22.9 Å². The molecule has 0 radical (unpaired) electrons. The highest BCUT2D eigenvalue weighted by atomic mass is 35.5. The van der Waals surface area contributed by atoms with Crippen molar-refractivity contribution in [2.45, 2.75) is 82.6 Å². The van der Waals surface area contributed by atoms with Gasteiger partial charge in [-0.3, -0.25) is 0 Å². The van der Waals surface area contributed by atoms with Crippen LogP contribution in [-0.2, 0) is 6.42 Å². The van der Waals surface area contributed by atoms with Gasteiger partial charge in [0.25, 0.3) is 0 Å². The van der Waals surface area contributed by atoms with E-state index >= 15 is 0 Å². The Morgan fingerprint density at radius 1 is 1.26 bits per heavy atom. The molecule has 1 heterocycles. The molecular formula is C22H33ClO3S. The Bertz CT molecular complexity index is 598. The highest BCUT2D eigenvalue weighted by Gasteiger charge is 2.39. The molecule has 0 spiro atoms. The minimum atomic E-state index is -0.856. The van der Waals surface area contributed by atoms with E-state index in [0.29, 0.717) is 17.2 Å². The van der Waals surface area contributed by atoms with Crippen molar-refractivity contribution in [3.8, 4) is 0 Å². The molecule has 2 N–H and O–H groups in total. The molecule has 3 nitrogen and oxygen atoms in total. The van der Waals surface area contributed by atoms with Crippen LogP contribution in [-0.4, -0.2) is 27.7 Å². The number of aryl methyl sites for hydroxylation is 1. The maximum atomic E-state index is 11.0. The topological polar surface area (TPSA) is 57.5 Å². The van der Waals surface area contributed by atoms with Crippen LogP contribution < -0.4 is 0 Å². The number of rotatable bonds is 12. The number of aromatic carboxylic acids is 1. The predicted molar refractivity (Wildman–Crippen MR) is 114 cm³/mol. The van der Waals surface area contributed by atoms with E-state index in [4.69, 9.17) is 16.7 Å². The highest BCUT2D eigenvalue weighted by Crippen LogP contribution is 2.40. The van der Waals surface area contributed by atoms with Crippen LogP contribution in [0.1, 0.15) is 79.3 Å². The standard InChI is InChI=1S/C22H33ClO3S/c1-2-3-4-5-6-7-8-11-18-17(19(23)15-20(18)24)12-9-10-16-13-14-21(27-16)22(25)26/h8,11,13-14,17-20,24H,2-7,9-10,12,15H2,1H3,(H,25,26). The normalized spacial score (nSPS) is 25.4. The number of hydrogen-bond donors (Lipinski definition) is 2. The van der Waals surface area contributed by atoms with Crippen molar-refractivity contribution < 1.29 is 15.0 Å². The smallest absolute Gasteiger partial charge is 0.345 e. The Balaban J connectivity index is 1.77. The first kappa shape index (κ1) is 22.4. The number of carboxylic acid groups (broad SMARTS) is 1. The molecule has 1 aliphatic rings. The number of aliphatic hydroxyl groups is 1. The van der Waals surface area contributed by atoms with Gasteiger partial charge in [0.2, 0.25) is 0 Å². The molecule has 0 aromatic carbocycles. The number of thiophene rings is 1. The summed E-state index contributed by atoms with van der Waals surface area (Å²) in [7, 11) is 0. The number of allylic oxidation sites excluding steroid dienone is 1. The van der Waals surface area contributed by atoms with Gasteiger partial charge in [-0.2, -0.15) is 0 Å². The fourth-order valence-electron chi connectivity index (χ4n) is 3.99. The van der Waals surface area contributed by atoms with Gasteiger partial charge in [-0.15, -0.1) is 22.9 Å². The van der Waals surface area contributed by atoms with Crippen LogP contribution in [0.4, 0.5) is 0 Å². The molecule has 4 unspecified atom stereocenters. The van der Waals surface area contributed by atoms with Crippen LogP contribution in [0.25, 0.3) is 0 Å². The summed E-state index contributed by atoms with van der Waals surface area (Å²) < 4.78 is 0. The Labute approximate surface area is 172 Å². The highest BCUT2D eigenvalue weighted by molar-refractivity contribution is 7.13. The molecular weight excluding hydrogens is 380 g/mol. The van der Waals surface area contributed by atoms with Gasteiger partial charge >= 0.3 is 5.97 Å². The molecule has 1 fully saturated rings. The summed E-state index contributed by atoms with van der Waals surface area (Å²) in [5.74, 6) is -0.399. The number of carboxylic acids is 1. The second-order valence-electron chi connectivity index (χ2n) is 7.65. The quantitative estimate of drug-likeness (QED) is 0.241. The van der Waals surface area contributed by atoms with Crippen molar-refractivity contribution >= 4 is 28.9 Å². The Kier molecular flexibility index (Phi) is 9.88. The third-order valence-electron chi connectivity index (χ3n) is 5.54. The lowest BCUT2D eigenvalue weighted by molar-refractivity contribution is 0.0702. The second-order valence-corrected chi connectivity index (χ2v) is 9.38. The number of carbonyl (C=O) groups is 1. The molecule has 0 saturated heterocycles. The average Bonchev–Trinajstić information content (AvgIpc) is 3.20. The first-order valence-corrected chi connectivity index (χ1v) is 11.6. The molecule has 1 aromatic heterocycles. The van der Waals surface area contributed by atoms with Gasteiger partial charge in [0.15, 0.2) is 0 Å². The van der Waals surface area contributed by atoms with E-state index in [0.717, 1.165) is 30.6 Å². The fourth-order valence-corrected chi connectivity index (χ4v) is 5.36. The minimum Gasteiger partial charge on any atom is -0.477 e. The predicted octanol–water partition coefficient (Wildman–Crippen LogP) is 6.29. The second kappa shape index (κ2) is 11.9. The summed E-state index contributed by atoms with van der Waals surface area (Å²) in [6.07, 6.45) is 15.1. The van der Waals surface area contributed by atoms with Crippen molar-refractivity contribution in [3.05, 3.63) is 34.0 Å². The largest absolute Gasteiger partial charge is 0.477 e. The van der Waals surface area contributed by atoms with Gasteiger partial charge in [-0.05, 0) is 56.6 Å². The summed E-state index contributed by atoms with van der Waals surface area (Å²) in [6, 6.07) is 3.59. The van der Waals surface area contributed by atoms with Crippen molar-refractivity contribution in [2.75, 3.05) is 0 Å². The minimum absolute atomic E-state index is 0.0251. The molecule has 4 atom stereocenters. The SMILES string of the molecule is CCCCCCCC=CC1C(O)CC(Cl)C1CCCc1ccc(C(=O)O)s1. The van der Waals surface area contributed by atoms with E-state index < -0.39 is 5.97 Å². The molecule has 1 aromatic rings. The first-order chi connectivity index (χ1) is 13.0. The Morgan fingerprint density at radius 3 is 2.74 bits per heavy atom. The average molecular weight is 413 g/mol. The van der Waals surface area contributed by atoms with E-state index in [9.17, 15) is 9.90 Å². The Morgan fingerprint density at radius 2 is 2.04 bits per heavy atom. The summed E-state index contributed by atoms with van der Waals surface area (Å²) in [6.45, 7) is 2.23. The van der Waals surface area contributed by atoms with E-state index in [1.54, 1.807) is 6.07 Å². The van der Waals surface area contributed by atoms with Crippen LogP contribution in [0.5, 0.6) is 0 Å². The maximum Gasteiger partial charge on any atom is 0.345 e. The Hall–Kier alpha value is -0.840. The zero-order valence-electron chi connectivity index (χ0n) is 16.3. The summed E-state index contributed by atoms with van der Waals surface area (Å²) in [5.41, 5.74) is 0. The number of halogens is 1. The van der Waals surface area contributed by atoms with E-state index in [1.807, 2.05) is 6.07 Å². The number of aliphatic hydroxyl groups excluding tert-OH is 1. The van der Waals surface area contributed by atoms with Crippen molar-refractivity contribution in [1.29, 1.82) is 0 Å². The zero-order chi connectivity index (χ0) is 19.6. The molecule has 1 saturated carbocycles. The van der Waals surface area contributed by atoms with Crippen molar-refractivity contribution in [2.24, 2.45) is 11.8 Å². The number of unbranched alkanes of at least 4 members (excludes halogenated alkanes) is 5. The fraction of sp³-hybridized carbons (Fsp3) is 0.682. The molecule has 5 heteroatoms. The zero-order valence-corrected chi connectivity index (χ0v) is 17.9. The van der Waals surface area contributed by atoms with Crippen molar-refractivity contribution in [3.63, 3.8) is 0 Å². The lowest BCUT2D eigenvalue weighted by Crippen LogP contribution is -2.18. The van der Waals surface area contributed by atoms with Gasteiger partial charge in [-0.1, -0.05) is 44.8 Å². The van der Waals surface area contributed by atoms with Crippen LogP contribution in [0, 0.1) is 11.8 Å². The van der Waals surface area contributed by atoms with Crippen molar-refractivity contribution in [1.82, 2.24) is 0 Å². The summed E-state index contributed by atoms with van der Waals surface area (Å²) in [5, 5.41) is 19.4. The molecule has 0 bridgehead atoms. The summed E-state index contributed by atoms with van der Waals surface area (Å²) in [4.78, 5) is 12.5. The molecule has 0 amide bonds. The summed E-state index contributed by atoms with van der Waals surface area (Å²) >= 11 is 7.88. The molecule has 2 rings (SSSR count). The lowest BCUT2D eigenvalue weighted by atomic mass is 9.89. The van der Waals surface area contributed by atoms with Gasteiger partial charge in [0.1, 0.15) is 4.88 Å². The van der Waals surface area contributed by atoms with E-state index in [-0.39, 0.29) is 17.4 Å². The maximum absolute atomic E-state index is 11.0. The van der Waals surface area contributed by atoms with Gasteiger partial charge in [0.05, 0.1) is 6.10 Å². The molecule has 1 aliphatic carbocycles. The van der Waals surface area contributed by atoms with Gasteiger partial charge < -0.3 is 10.2 Å². The molecule has 27 heavy (non-hydrogen) atoms. The van der Waals surface area contributed by atoms with Crippen LogP contribution in [0.15, 0.2) is 24.3 Å². The van der Waals surface area contributed by atoms with Gasteiger partial charge in [0, 0.05) is 16.2 Å². The van der Waals surface area contributed by atoms with Crippen LogP contribution in [0.2, 0.25) is 0 Å². The third kappa shape index (κ3) is 7.24. The molecule has 152 valence electrons. The third-order valence-corrected chi connectivity index (χ3v) is 7.17. The molecule has 0 aliphatic heterocycles. The van der Waals surface area contributed by atoms with E-state index in [2.05, 4.69) is 19.1 Å². The lowest BCUT2D eigenvalue weighted by Gasteiger charge is -2.20.